The van der Waals surface area contributed by atoms with Gasteiger partial charge < -0.3 is 9.73 Å². The van der Waals surface area contributed by atoms with Crippen molar-refractivity contribution in [2.24, 2.45) is 5.14 Å². The normalized spacial score (nSPS) is 11.4. The number of furan rings is 1. The number of amides is 1. The number of halogens is 1. The lowest BCUT2D eigenvalue weighted by molar-refractivity contribution is 0.0948. The molecule has 0 fully saturated rings. The summed E-state index contributed by atoms with van der Waals surface area (Å²) < 4.78 is 29.8. The standard InChI is InChI=1S/C22H19ClN4O4S/c23-16-5-7-17(8-6-16)27-20(21-2-1-13-31-21)14-19(26-27)22(28)25-12-11-15-3-9-18(10-4-15)32(24,29)30/h1-10,13-14H,11-12H2,(H,25,28)(H2,24,29,30). The fourth-order valence-electron chi connectivity index (χ4n) is 3.13. The minimum atomic E-state index is -3.73. The van der Waals surface area contributed by atoms with Gasteiger partial charge in [-0.3, -0.25) is 4.79 Å². The van der Waals surface area contributed by atoms with Gasteiger partial charge in [-0.25, -0.2) is 18.2 Å². The highest BCUT2D eigenvalue weighted by Gasteiger charge is 2.18. The molecule has 164 valence electrons. The Morgan fingerprint density at radius 1 is 1.09 bits per heavy atom. The second kappa shape index (κ2) is 8.99. The fourth-order valence-corrected chi connectivity index (χ4v) is 3.77. The van der Waals surface area contributed by atoms with Crippen LogP contribution >= 0.6 is 11.6 Å². The molecular formula is C22H19ClN4O4S. The molecule has 2 aromatic carbocycles. The summed E-state index contributed by atoms with van der Waals surface area (Å²) in [6.07, 6.45) is 2.06. The van der Waals surface area contributed by atoms with Crippen LogP contribution in [0.3, 0.4) is 0 Å². The van der Waals surface area contributed by atoms with E-state index in [0.29, 0.717) is 29.4 Å². The molecule has 8 nitrogen and oxygen atoms in total. The Hall–Kier alpha value is -3.40. The third-order valence-electron chi connectivity index (χ3n) is 4.74. The number of rotatable bonds is 7. The van der Waals surface area contributed by atoms with Gasteiger partial charge in [0.25, 0.3) is 5.91 Å². The van der Waals surface area contributed by atoms with Crippen molar-refractivity contribution in [3.05, 3.63) is 89.3 Å². The second-order valence-electron chi connectivity index (χ2n) is 6.98. The van der Waals surface area contributed by atoms with Crippen LogP contribution in [0, 0.1) is 0 Å². The van der Waals surface area contributed by atoms with Gasteiger partial charge in [0.2, 0.25) is 10.0 Å². The van der Waals surface area contributed by atoms with E-state index in [9.17, 15) is 13.2 Å². The molecule has 32 heavy (non-hydrogen) atoms. The summed E-state index contributed by atoms with van der Waals surface area (Å²) in [5.74, 6) is 0.230. The smallest absolute Gasteiger partial charge is 0.271 e. The summed E-state index contributed by atoms with van der Waals surface area (Å²) in [6.45, 7) is 0.345. The maximum atomic E-state index is 12.7. The van der Waals surface area contributed by atoms with Gasteiger partial charge in [-0.2, -0.15) is 5.10 Å². The van der Waals surface area contributed by atoms with Crippen molar-refractivity contribution in [1.29, 1.82) is 0 Å². The summed E-state index contributed by atoms with van der Waals surface area (Å²) >= 11 is 5.98. The van der Waals surface area contributed by atoms with E-state index in [1.165, 1.54) is 12.1 Å². The molecule has 0 bridgehead atoms. The zero-order valence-electron chi connectivity index (χ0n) is 16.7. The van der Waals surface area contributed by atoms with Crippen LogP contribution in [-0.2, 0) is 16.4 Å². The first-order valence-electron chi connectivity index (χ1n) is 9.61. The van der Waals surface area contributed by atoms with Crippen LogP contribution in [0.2, 0.25) is 5.02 Å². The van der Waals surface area contributed by atoms with Crippen molar-refractivity contribution in [3.63, 3.8) is 0 Å². The average Bonchev–Trinajstić information content (AvgIpc) is 3.44. The molecule has 0 atom stereocenters. The molecule has 10 heteroatoms. The van der Waals surface area contributed by atoms with Crippen LogP contribution in [0.4, 0.5) is 0 Å². The molecule has 0 spiro atoms. The monoisotopic (exact) mass is 470 g/mol. The Morgan fingerprint density at radius 3 is 2.44 bits per heavy atom. The summed E-state index contributed by atoms with van der Waals surface area (Å²) in [5.41, 5.74) is 2.45. The lowest BCUT2D eigenvalue weighted by atomic mass is 10.1. The molecule has 3 N–H and O–H groups in total. The Kier molecular flexibility index (Phi) is 6.13. The molecule has 1 amide bonds. The van der Waals surface area contributed by atoms with Crippen molar-refractivity contribution in [2.45, 2.75) is 11.3 Å². The van der Waals surface area contributed by atoms with Gasteiger partial charge >= 0.3 is 0 Å². The maximum Gasteiger partial charge on any atom is 0.271 e. The van der Waals surface area contributed by atoms with Crippen molar-refractivity contribution in [1.82, 2.24) is 15.1 Å². The molecule has 0 unspecified atom stereocenters. The van der Waals surface area contributed by atoms with E-state index in [4.69, 9.17) is 21.2 Å². The predicted octanol–water partition coefficient (Wildman–Crippen LogP) is 3.41. The van der Waals surface area contributed by atoms with Gasteiger partial charge in [0, 0.05) is 17.6 Å². The lowest BCUT2D eigenvalue weighted by Crippen LogP contribution is -2.26. The quantitative estimate of drug-likeness (QED) is 0.429. The zero-order chi connectivity index (χ0) is 22.7. The van der Waals surface area contributed by atoms with E-state index in [0.717, 1.165) is 11.3 Å². The SMILES string of the molecule is NS(=O)(=O)c1ccc(CCNC(=O)c2cc(-c3ccco3)n(-c3ccc(Cl)cc3)n2)cc1. The second-order valence-corrected chi connectivity index (χ2v) is 8.97. The first-order valence-corrected chi connectivity index (χ1v) is 11.5. The molecule has 0 aliphatic heterocycles. The topological polar surface area (TPSA) is 120 Å². The van der Waals surface area contributed by atoms with E-state index < -0.39 is 10.0 Å². The fraction of sp³-hybridized carbons (Fsp3) is 0.0909. The first-order chi connectivity index (χ1) is 15.3. The Bertz CT molecular complexity index is 1330. The highest BCUT2D eigenvalue weighted by atomic mass is 35.5. The van der Waals surface area contributed by atoms with Crippen molar-refractivity contribution in [3.8, 4) is 17.1 Å². The van der Waals surface area contributed by atoms with Gasteiger partial charge in [0.1, 0.15) is 5.69 Å². The highest BCUT2D eigenvalue weighted by Crippen LogP contribution is 2.25. The number of benzene rings is 2. The molecule has 4 rings (SSSR count). The molecular weight excluding hydrogens is 452 g/mol. The van der Waals surface area contributed by atoms with E-state index in [1.807, 2.05) is 0 Å². The van der Waals surface area contributed by atoms with Crippen molar-refractivity contribution < 1.29 is 17.6 Å². The molecule has 0 aliphatic carbocycles. The average molecular weight is 471 g/mol. The van der Waals surface area contributed by atoms with E-state index in [2.05, 4.69) is 10.4 Å². The minimum Gasteiger partial charge on any atom is -0.463 e. The number of hydrogen-bond acceptors (Lipinski definition) is 5. The third kappa shape index (κ3) is 4.91. The largest absolute Gasteiger partial charge is 0.463 e. The highest BCUT2D eigenvalue weighted by molar-refractivity contribution is 7.89. The predicted molar refractivity (Wildman–Crippen MR) is 120 cm³/mol. The Balaban J connectivity index is 1.49. The minimum absolute atomic E-state index is 0.0449. The van der Waals surface area contributed by atoms with Crippen LogP contribution in [0.25, 0.3) is 17.1 Å². The summed E-state index contributed by atoms with van der Waals surface area (Å²) in [7, 11) is -3.73. The number of sulfonamides is 1. The Labute approximate surface area is 189 Å². The number of hydrogen-bond donors (Lipinski definition) is 2. The van der Waals surface area contributed by atoms with Crippen LogP contribution in [0.5, 0.6) is 0 Å². The van der Waals surface area contributed by atoms with Gasteiger partial charge in [0.15, 0.2) is 11.5 Å². The van der Waals surface area contributed by atoms with E-state index >= 15 is 0 Å². The number of carbonyl (C=O) groups excluding carboxylic acids is 1. The molecule has 4 aromatic rings. The van der Waals surface area contributed by atoms with Crippen molar-refractivity contribution in [2.75, 3.05) is 6.54 Å². The number of primary sulfonamides is 1. The van der Waals surface area contributed by atoms with Crippen LogP contribution in [-0.4, -0.2) is 30.7 Å². The number of nitrogens with two attached hydrogens (primary N) is 1. The van der Waals surface area contributed by atoms with E-state index in [1.54, 1.807) is 65.5 Å². The molecule has 2 heterocycles. The van der Waals surface area contributed by atoms with Gasteiger partial charge in [-0.05, 0) is 60.5 Å². The third-order valence-corrected chi connectivity index (χ3v) is 5.92. The summed E-state index contributed by atoms with van der Waals surface area (Å²) in [5, 5.41) is 13.0. The van der Waals surface area contributed by atoms with Crippen molar-refractivity contribution >= 4 is 27.5 Å². The maximum absolute atomic E-state index is 12.7. The first kappa shape index (κ1) is 21.8. The number of nitrogens with one attached hydrogen (secondary N) is 1. The van der Waals surface area contributed by atoms with Crippen LogP contribution in [0.15, 0.2) is 82.3 Å². The van der Waals surface area contributed by atoms with Gasteiger partial charge in [-0.1, -0.05) is 23.7 Å². The molecule has 0 saturated heterocycles. The Morgan fingerprint density at radius 2 is 1.81 bits per heavy atom. The van der Waals surface area contributed by atoms with Crippen LogP contribution in [0.1, 0.15) is 16.1 Å². The molecule has 2 aromatic heterocycles. The summed E-state index contributed by atoms with van der Waals surface area (Å²) in [4.78, 5) is 12.8. The number of carbonyl (C=O) groups is 1. The van der Waals surface area contributed by atoms with Crippen LogP contribution < -0.4 is 10.5 Å². The summed E-state index contributed by atoms with van der Waals surface area (Å²) in [6, 6.07) is 18.5. The zero-order valence-corrected chi connectivity index (χ0v) is 18.3. The van der Waals surface area contributed by atoms with Gasteiger partial charge in [0.05, 0.1) is 16.8 Å². The molecule has 0 radical (unpaired) electrons. The molecule has 0 saturated carbocycles. The van der Waals surface area contributed by atoms with Gasteiger partial charge in [-0.15, -0.1) is 0 Å². The lowest BCUT2D eigenvalue weighted by Gasteiger charge is -2.06. The molecule has 0 aliphatic rings. The number of nitrogens with zero attached hydrogens (tertiary/aromatic N) is 2. The number of aromatic nitrogens is 2. The van der Waals surface area contributed by atoms with E-state index in [-0.39, 0.29) is 16.5 Å².